The number of nitrogens with zero attached hydrogens (tertiary/aromatic N) is 4. The Balaban J connectivity index is 1.65. The number of piperidine rings is 1. The molecular weight excluding hydrogens is 342 g/mol. The maximum absolute atomic E-state index is 12.7. The van der Waals surface area contributed by atoms with Crippen LogP contribution in [-0.2, 0) is 11.3 Å². The van der Waals surface area contributed by atoms with E-state index in [1.54, 1.807) is 7.05 Å². The SMILES string of the molecule is Cc1ccc(CN2C(N3CCC(C)CC3)=NC3C2C(=O)NC(=O)N3C)cc1. The molecule has 7 nitrogen and oxygen atoms in total. The van der Waals surface area contributed by atoms with Crippen LogP contribution in [-0.4, -0.2) is 64.9 Å². The smallest absolute Gasteiger partial charge is 0.325 e. The van der Waals surface area contributed by atoms with Gasteiger partial charge in [0.05, 0.1) is 0 Å². The number of urea groups is 1. The average Bonchev–Trinajstić information content (AvgIpc) is 3.02. The zero-order valence-electron chi connectivity index (χ0n) is 16.2. The molecule has 0 aromatic heterocycles. The molecule has 3 amide bonds. The number of aliphatic imine (C=N–C) groups is 1. The summed E-state index contributed by atoms with van der Waals surface area (Å²) in [5.41, 5.74) is 2.34. The zero-order chi connectivity index (χ0) is 19.1. The van der Waals surface area contributed by atoms with Gasteiger partial charge in [0.1, 0.15) is 0 Å². The topological polar surface area (TPSA) is 68.2 Å². The number of likely N-dealkylation sites (N-methyl/N-ethyl adjacent to an activating group) is 1. The summed E-state index contributed by atoms with van der Waals surface area (Å²) in [6.07, 6.45) is 1.77. The average molecular weight is 369 g/mol. The first kappa shape index (κ1) is 17.8. The Morgan fingerprint density at radius 2 is 1.81 bits per heavy atom. The minimum absolute atomic E-state index is 0.265. The first-order valence-corrected chi connectivity index (χ1v) is 9.66. The van der Waals surface area contributed by atoms with Gasteiger partial charge in [0.25, 0.3) is 5.91 Å². The summed E-state index contributed by atoms with van der Waals surface area (Å²) in [6, 6.07) is 7.48. The molecule has 2 atom stereocenters. The fraction of sp³-hybridized carbons (Fsp3) is 0.550. The highest BCUT2D eigenvalue weighted by Crippen LogP contribution is 2.29. The number of hydrogen-bond acceptors (Lipinski definition) is 5. The summed E-state index contributed by atoms with van der Waals surface area (Å²) in [7, 11) is 1.70. The van der Waals surface area contributed by atoms with E-state index in [0.717, 1.165) is 37.5 Å². The van der Waals surface area contributed by atoms with Crippen LogP contribution in [0.4, 0.5) is 4.79 Å². The molecule has 1 aromatic carbocycles. The predicted molar refractivity (Wildman–Crippen MR) is 103 cm³/mol. The first-order valence-electron chi connectivity index (χ1n) is 9.66. The maximum atomic E-state index is 12.7. The van der Waals surface area contributed by atoms with E-state index in [9.17, 15) is 9.59 Å². The van der Waals surface area contributed by atoms with Crippen molar-refractivity contribution in [2.45, 2.75) is 45.4 Å². The number of hydrogen-bond donors (Lipinski definition) is 1. The number of likely N-dealkylation sites (tertiary alicyclic amines) is 1. The van der Waals surface area contributed by atoms with Crippen LogP contribution in [0.1, 0.15) is 30.9 Å². The Hall–Kier alpha value is -2.57. The van der Waals surface area contributed by atoms with Gasteiger partial charge >= 0.3 is 6.03 Å². The summed E-state index contributed by atoms with van der Waals surface area (Å²) < 4.78 is 0. The molecule has 2 fully saturated rings. The molecule has 7 heteroatoms. The van der Waals surface area contributed by atoms with Crippen molar-refractivity contribution in [3.63, 3.8) is 0 Å². The monoisotopic (exact) mass is 369 g/mol. The molecule has 3 aliphatic rings. The normalized spacial score (nSPS) is 26.2. The number of amides is 3. The van der Waals surface area contributed by atoms with E-state index < -0.39 is 12.2 Å². The van der Waals surface area contributed by atoms with Crippen LogP contribution in [0.15, 0.2) is 29.3 Å². The number of carbonyl (C=O) groups is 2. The molecule has 3 aliphatic heterocycles. The number of nitrogens with one attached hydrogen (secondary N) is 1. The second-order valence-electron chi connectivity index (χ2n) is 7.98. The molecule has 1 N–H and O–H groups in total. The molecule has 2 unspecified atom stereocenters. The van der Waals surface area contributed by atoms with Crippen molar-refractivity contribution in [3.8, 4) is 0 Å². The molecule has 4 rings (SSSR count). The summed E-state index contributed by atoms with van der Waals surface area (Å²) in [5, 5.41) is 2.47. The van der Waals surface area contributed by atoms with Crippen LogP contribution in [0.3, 0.4) is 0 Å². The van der Waals surface area contributed by atoms with E-state index in [-0.39, 0.29) is 11.9 Å². The summed E-state index contributed by atoms with van der Waals surface area (Å²) in [5.74, 6) is 1.29. The third kappa shape index (κ3) is 3.26. The molecule has 27 heavy (non-hydrogen) atoms. The lowest BCUT2D eigenvalue weighted by Crippen LogP contribution is -2.64. The lowest BCUT2D eigenvalue weighted by Gasteiger charge is -2.39. The van der Waals surface area contributed by atoms with Crippen LogP contribution < -0.4 is 5.32 Å². The van der Waals surface area contributed by atoms with Crippen molar-refractivity contribution in [2.24, 2.45) is 10.9 Å². The number of guanidine groups is 1. The van der Waals surface area contributed by atoms with Gasteiger partial charge in [-0.05, 0) is 31.2 Å². The van der Waals surface area contributed by atoms with Crippen molar-refractivity contribution in [1.29, 1.82) is 0 Å². The maximum Gasteiger partial charge on any atom is 0.325 e. The van der Waals surface area contributed by atoms with Gasteiger partial charge in [-0.25, -0.2) is 9.79 Å². The van der Waals surface area contributed by atoms with Gasteiger partial charge in [-0.3, -0.25) is 10.1 Å². The Kier molecular flexibility index (Phi) is 4.53. The summed E-state index contributed by atoms with van der Waals surface area (Å²) in [6.45, 7) is 6.80. The third-order valence-corrected chi connectivity index (χ3v) is 5.88. The second kappa shape index (κ2) is 6.87. The molecule has 2 saturated heterocycles. The number of benzene rings is 1. The minimum Gasteiger partial charge on any atom is -0.343 e. The first-order chi connectivity index (χ1) is 12.9. The second-order valence-corrected chi connectivity index (χ2v) is 7.98. The van der Waals surface area contributed by atoms with Crippen molar-refractivity contribution in [3.05, 3.63) is 35.4 Å². The number of aryl methyl sites for hydroxylation is 1. The van der Waals surface area contributed by atoms with Crippen LogP contribution in [0.5, 0.6) is 0 Å². The number of imide groups is 1. The zero-order valence-corrected chi connectivity index (χ0v) is 16.2. The molecule has 144 valence electrons. The van der Waals surface area contributed by atoms with Gasteiger partial charge < -0.3 is 14.7 Å². The molecule has 0 radical (unpaired) electrons. The minimum atomic E-state index is -0.483. The highest BCUT2D eigenvalue weighted by Gasteiger charge is 2.49. The van der Waals surface area contributed by atoms with Crippen LogP contribution in [0, 0.1) is 12.8 Å². The highest BCUT2D eigenvalue weighted by atomic mass is 16.2. The van der Waals surface area contributed by atoms with E-state index in [1.165, 1.54) is 10.5 Å². The van der Waals surface area contributed by atoms with E-state index in [4.69, 9.17) is 4.99 Å². The predicted octanol–water partition coefficient (Wildman–Crippen LogP) is 1.77. The summed E-state index contributed by atoms with van der Waals surface area (Å²) >= 11 is 0. The van der Waals surface area contributed by atoms with Gasteiger partial charge in [0.2, 0.25) is 0 Å². The molecule has 3 heterocycles. The van der Waals surface area contributed by atoms with Gasteiger partial charge in [0, 0.05) is 26.7 Å². The van der Waals surface area contributed by atoms with Crippen LogP contribution in [0.2, 0.25) is 0 Å². The Morgan fingerprint density at radius 1 is 1.15 bits per heavy atom. The fourth-order valence-corrected chi connectivity index (χ4v) is 4.04. The molecule has 0 bridgehead atoms. The van der Waals surface area contributed by atoms with Crippen molar-refractivity contribution in [2.75, 3.05) is 20.1 Å². The van der Waals surface area contributed by atoms with Gasteiger partial charge in [-0.15, -0.1) is 0 Å². The molecule has 0 saturated carbocycles. The van der Waals surface area contributed by atoms with Gasteiger partial charge in [-0.2, -0.15) is 0 Å². The van der Waals surface area contributed by atoms with Gasteiger partial charge in [-0.1, -0.05) is 36.8 Å². The van der Waals surface area contributed by atoms with Crippen molar-refractivity contribution >= 4 is 17.9 Å². The van der Waals surface area contributed by atoms with Crippen molar-refractivity contribution < 1.29 is 9.59 Å². The van der Waals surface area contributed by atoms with E-state index in [2.05, 4.69) is 53.2 Å². The van der Waals surface area contributed by atoms with Crippen molar-refractivity contribution in [1.82, 2.24) is 20.0 Å². The standard InChI is InChI=1S/C20H27N5O2/c1-13-4-6-15(7-5-13)12-25-16-17(23(3)20(27)22-18(16)26)21-19(25)24-10-8-14(2)9-11-24/h4-7,14,16-17H,8-12H2,1-3H3,(H,22,26,27). The molecular formula is C20H27N5O2. The van der Waals surface area contributed by atoms with Crippen LogP contribution >= 0.6 is 0 Å². The molecule has 1 aromatic rings. The number of carbonyl (C=O) groups excluding carboxylic acids is 2. The summed E-state index contributed by atoms with van der Waals surface area (Å²) in [4.78, 5) is 35.5. The van der Waals surface area contributed by atoms with E-state index >= 15 is 0 Å². The Labute approximate surface area is 160 Å². The van der Waals surface area contributed by atoms with Gasteiger partial charge in [0.15, 0.2) is 18.2 Å². The fourth-order valence-electron chi connectivity index (χ4n) is 4.04. The van der Waals surface area contributed by atoms with E-state index in [0.29, 0.717) is 12.5 Å². The number of fused-ring (bicyclic) bond motifs is 1. The lowest BCUT2D eigenvalue weighted by molar-refractivity contribution is -0.127. The van der Waals surface area contributed by atoms with E-state index in [1.807, 2.05) is 0 Å². The Bertz CT molecular complexity index is 767. The van der Waals surface area contributed by atoms with Crippen LogP contribution in [0.25, 0.3) is 0 Å². The largest absolute Gasteiger partial charge is 0.343 e. The highest BCUT2D eigenvalue weighted by molar-refractivity contribution is 6.03. The quantitative estimate of drug-likeness (QED) is 0.863. The molecule has 0 spiro atoms. The lowest BCUT2D eigenvalue weighted by atomic mass is 9.99. The molecule has 0 aliphatic carbocycles. The third-order valence-electron chi connectivity index (χ3n) is 5.88. The Morgan fingerprint density at radius 3 is 2.48 bits per heavy atom. The number of rotatable bonds is 2.